The highest BCUT2D eigenvalue weighted by Gasteiger charge is 2.19. The molecular weight excluding hydrogens is 178 g/mol. The molecule has 1 aliphatic rings. The first kappa shape index (κ1) is 11.1. The maximum atomic E-state index is 10.9. The molecule has 0 aliphatic carbocycles. The quantitative estimate of drug-likeness (QED) is 0.499. The van der Waals surface area contributed by atoms with Gasteiger partial charge in [0.1, 0.15) is 0 Å². The minimum atomic E-state index is -0.282. The van der Waals surface area contributed by atoms with E-state index >= 15 is 0 Å². The Morgan fingerprint density at radius 2 is 2.14 bits per heavy atom. The van der Waals surface area contributed by atoms with Crippen LogP contribution >= 0.6 is 0 Å². The molecule has 1 aliphatic heterocycles. The standard InChI is InChI=1S/C11H19NO2/c1-9-4-5-10(2)12(8-9)7-6-11(13)14-3/h6-7,9-10H,4-5,8H2,1-3H3/b7-6+. The zero-order valence-electron chi connectivity index (χ0n) is 9.19. The van der Waals surface area contributed by atoms with Crippen LogP contribution in [0.25, 0.3) is 0 Å². The van der Waals surface area contributed by atoms with Crippen molar-refractivity contribution in [1.82, 2.24) is 4.90 Å². The second kappa shape index (κ2) is 5.03. The van der Waals surface area contributed by atoms with E-state index in [-0.39, 0.29) is 5.97 Å². The molecule has 14 heavy (non-hydrogen) atoms. The Morgan fingerprint density at radius 3 is 2.79 bits per heavy atom. The predicted molar refractivity (Wildman–Crippen MR) is 55.7 cm³/mol. The molecule has 0 N–H and O–H groups in total. The lowest BCUT2D eigenvalue weighted by molar-refractivity contribution is -0.134. The Kier molecular flexibility index (Phi) is 3.98. The third kappa shape index (κ3) is 3.05. The number of carbonyl (C=O) groups is 1. The minimum Gasteiger partial charge on any atom is -0.466 e. The SMILES string of the molecule is COC(=O)/C=C/N1CC(C)CCC1C. The van der Waals surface area contributed by atoms with Crippen LogP contribution < -0.4 is 0 Å². The van der Waals surface area contributed by atoms with E-state index in [0.717, 1.165) is 6.54 Å². The lowest BCUT2D eigenvalue weighted by Gasteiger charge is -2.35. The molecule has 3 heteroatoms. The van der Waals surface area contributed by atoms with Crippen LogP contribution in [0.15, 0.2) is 12.3 Å². The van der Waals surface area contributed by atoms with Gasteiger partial charge in [0, 0.05) is 24.9 Å². The van der Waals surface area contributed by atoms with Crippen molar-refractivity contribution in [2.45, 2.75) is 32.7 Å². The second-order valence-corrected chi connectivity index (χ2v) is 4.07. The summed E-state index contributed by atoms with van der Waals surface area (Å²) in [6, 6.07) is 0.534. The van der Waals surface area contributed by atoms with Crippen molar-refractivity contribution < 1.29 is 9.53 Å². The monoisotopic (exact) mass is 197 g/mol. The summed E-state index contributed by atoms with van der Waals surface area (Å²) in [7, 11) is 1.40. The molecule has 0 aromatic carbocycles. The Bertz CT molecular complexity index is 225. The van der Waals surface area contributed by atoms with Crippen LogP contribution in [0, 0.1) is 5.92 Å². The highest BCUT2D eigenvalue weighted by Crippen LogP contribution is 2.21. The van der Waals surface area contributed by atoms with E-state index < -0.39 is 0 Å². The molecule has 0 aromatic heterocycles. The van der Waals surface area contributed by atoms with Gasteiger partial charge in [-0.3, -0.25) is 0 Å². The van der Waals surface area contributed by atoms with Crippen LogP contribution in [0.3, 0.4) is 0 Å². The van der Waals surface area contributed by atoms with Crippen molar-refractivity contribution in [3.05, 3.63) is 12.3 Å². The number of hydrogen-bond donors (Lipinski definition) is 0. The summed E-state index contributed by atoms with van der Waals surface area (Å²) >= 11 is 0. The number of hydrogen-bond acceptors (Lipinski definition) is 3. The van der Waals surface area contributed by atoms with Crippen molar-refractivity contribution >= 4 is 5.97 Å². The zero-order chi connectivity index (χ0) is 10.6. The lowest BCUT2D eigenvalue weighted by Crippen LogP contribution is -2.37. The van der Waals surface area contributed by atoms with Crippen LogP contribution in [-0.2, 0) is 9.53 Å². The molecule has 2 unspecified atom stereocenters. The summed E-state index contributed by atoms with van der Waals surface area (Å²) in [5.74, 6) is 0.434. The number of esters is 1. The normalized spacial score (nSPS) is 28.1. The maximum absolute atomic E-state index is 10.9. The molecule has 0 aromatic rings. The summed E-state index contributed by atoms with van der Waals surface area (Å²) < 4.78 is 4.55. The number of ether oxygens (including phenoxy) is 1. The summed E-state index contributed by atoms with van der Waals surface area (Å²) in [6.45, 7) is 5.47. The van der Waals surface area contributed by atoms with Gasteiger partial charge in [-0.2, -0.15) is 0 Å². The average molecular weight is 197 g/mol. The summed E-state index contributed by atoms with van der Waals surface area (Å²) in [5.41, 5.74) is 0. The van der Waals surface area contributed by atoms with Crippen LogP contribution in [0.4, 0.5) is 0 Å². The molecule has 0 amide bonds. The number of carbonyl (C=O) groups excluding carboxylic acids is 1. The third-order valence-corrected chi connectivity index (χ3v) is 2.77. The molecule has 0 saturated carbocycles. The number of rotatable bonds is 2. The Hall–Kier alpha value is -0.990. The minimum absolute atomic E-state index is 0.282. The lowest BCUT2D eigenvalue weighted by atomic mass is 9.95. The highest BCUT2D eigenvalue weighted by atomic mass is 16.5. The van der Waals surface area contributed by atoms with Gasteiger partial charge >= 0.3 is 5.97 Å². The van der Waals surface area contributed by atoms with Crippen LogP contribution in [0.2, 0.25) is 0 Å². The van der Waals surface area contributed by atoms with E-state index in [1.165, 1.54) is 26.0 Å². The molecule has 1 saturated heterocycles. The summed E-state index contributed by atoms with van der Waals surface area (Å²) in [4.78, 5) is 13.1. The molecule has 0 spiro atoms. The molecule has 2 atom stereocenters. The van der Waals surface area contributed by atoms with Gasteiger partial charge < -0.3 is 9.64 Å². The fraction of sp³-hybridized carbons (Fsp3) is 0.727. The van der Waals surface area contributed by atoms with E-state index in [1.807, 2.05) is 6.20 Å². The molecule has 1 rings (SSSR count). The summed E-state index contributed by atoms with van der Waals surface area (Å²) in [6.07, 6.45) is 5.83. The van der Waals surface area contributed by atoms with E-state index in [9.17, 15) is 4.79 Å². The Morgan fingerprint density at radius 1 is 1.43 bits per heavy atom. The predicted octanol–water partition coefficient (Wildman–Crippen LogP) is 1.79. The second-order valence-electron chi connectivity index (χ2n) is 4.07. The van der Waals surface area contributed by atoms with Crippen molar-refractivity contribution in [2.24, 2.45) is 5.92 Å². The van der Waals surface area contributed by atoms with Gasteiger partial charge in [-0.1, -0.05) is 6.92 Å². The van der Waals surface area contributed by atoms with Gasteiger partial charge in [-0.15, -0.1) is 0 Å². The molecule has 80 valence electrons. The fourth-order valence-corrected chi connectivity index (χ4v) is 1.76. The van der Waals surface area contributed by atoms with Crippen LogP contribution in [0.5, 0.6) is 0 Å². The molecular formula is C11H19NO2. The molecule has 1 fully saturated rings. The van der Waals surface area contributed by atoms with Crippen LogP contribution in [0.1, 0.15) is 26.7 Å². The number of methoxy groups -OCH3 is 1. The fourth-order valence-electron chi connectivity index (χ4n) is 1.76. The van der Waals surface area contributed by atoms with Gasteiger partial charge in [0.15, 0.2) is 0 Å². The van der Waals surface area contributed by atoms with Crippen molar-refractivity contribution in [3.8, 4) is 0 Å². The first-order chi connectivity index (χ1) is 6.63. The van der Waals surface area contributed by atoms with E-state index in [1.54, 1.807) is 0 Å². The van der Waals surface area contributed by atoms with Crippen molar-refractivity contribution in [1.29, 1.82) is 0 Å². The largest absolute Gasteiger partial charge is 0.466 e. The third-order valence-electron chi connectivity index (χ3n) is 2.77. The average Bonchev–Trinajstić information content (AvgIpc) is 2.19. The first-order valence-electron chi connectivity index (χ1n) is 5.15. The number of piperidine rings is 1. The topological polar surface area (TPSA) is 29.5 Å². The molecule has 1 heterocycles. The van der Waals surface area contributed by atoms with E-state index in [0.29, 0.717) is 12.0 Å². The van der Waals surface area contributed by atoms with Gasteiger partial charge in [0.05, 0.1) is 7.11 Å². The molecule has 3 nitrogen and oxygen atoms in total. The van der Waals surface area contributed by atoms with Gasteiger partial charge in [0.2, 0.25) is 0 Å². The molecule has 0 bridgehead atoms. The van der Waals surface area contributed by atoms with Gasteiger partial charge in [-0.05, 0) is 25.7 Å². The smallest absolute Gasteiger partial charge is 0.331 e. The Labute approximate surface area is 85.7 Å². The van der Waals surface area contributed by atoms with Crippen molar-refractivity contribution in [2.75, 3.05) is 13.7 Å². The maximum Gasteiger partial charge on any atom is 0.331 e. The van der Waals surface area contributed by atoms with E-state index in [4.69, 9.17) is 0 Å². The zero-order valence-corrected chi connectivity index (χ0v) is 9.19. The number of likely N-dealkylation sites (tertiary alicyclic amines) is 1. The van der Waals surface area contributed by atoms with Crippen molar-refractivity contribution in [3.63, 3.8) is 0 Å². The summed E-state index contributed by atoms with van der Waals surface area (Å²) in [5, 5.41) is 0. The van der Waals surface area contributed by atoms with E-state index in [2.05, 4.69) is 23.5 Å². The van der Waals surface area contributed by atoms with Gasteiger partial charge in [0.25, 0.3) is 0 Å². The highest BCUT2D eigenvalue weighted by molar-refractivity contribution is 5.81. The Balaban J connectivity index is 2.49. The molecule has 0 radical (unpaired) electrons. The first-order valence-corrected chi connectivity index (χ1v) is 5.15. The van der Waals surface area contributed by atoms with Crippen LogP contribution in [-0.4, -0.2) is 30.6 Å². The van der Waals surface area contributed by atoms with Gasteiger partial charge in [-0.25, -0.2) is 4.79 Å². The number of nitrogens with zero attached hydrogens (tertiary/aromatic N) is 1.